The number of hydrogen-bond donors (Lipinski definition) is 0. The van der Waals surface area contributed by atoms with Crippen molar-refractivity contribution in [3.05, 3.63) is 0 Å². The molecule has 0 aliphatic carbocycles. The molecular formula is C35H70O2. The zero-order chi connectivity index (χ0) is 26.5. The molecule has 0 spiro atoms. The molecule has 0 radical (unpaired) electrons. The standard InChI is InChI=1S/C35H70O2/c1-3-5-7-9-11-13-15-17-19-21-23-25-27-29-31-34(36-32-35-33-37-35)30-28-26-24-22-20-18-16-14-12-10-8-6-4-2/h34-35H,3-33H2,1-2H3. The van der Waals surface area contributed by atoms with Gasteiger partial charge in [-0.2, -0.15) is 0 Å². The van der Waals surface area contributed by atoms with Gasteiger partial charge in [-0.3, -0.25) is 0 Å². The van der Waals surface area contributed by atoms with Crippen molar-refractivity contribution in [2.75, 3.05) is 13.2 Å². The van der Waals surface area contributed by atoms with Crippen LogP contribution in [0.5, 0.6) is 0 Å². The first-order chi connectivity index (χ1) is 18.4. The Hall–Kier alpha value is -0.0800. The quantitative estimate of drug-likeness (QED) is 0.0647. The largest absolute Gasteiger partial charge is 0.375 e. The highest BCUT2D eigenvalue weighted by atomic mass is 16.6. The third-order valence-electron chi connectivity index (χ3n) is 8.43. The van der Waals surface area contributed by atoms with Crippen molar-refractivity contribution in [2.24, 2.45) is 0 Å². The zero-order valence-electron chi connectivity index (χ0n) is 25.9. The highest BCUT2D eigenvalue weighted by Gasteiger charge is 2.24. The fourth-order valence-electron chi connectivity index (χ4n) is 5.68. The first kappa shape index (κ1) is 34.9. The van der Waals surface area contributed by atoms with E-state index in [4.69, 9.17) is 9.47 Å². The van der Waals surface area contributed by atoms with E-state index >= 15 is 0 Å². The molecule has 2 atom stereocenters. The molecule has 2 heteroatoms. The average molecular weight is 523 g/mol. The zero-order valence-corrected chi connectivity index (χ0v) is 25.9. The predicted octanol–water partition coefficient (Wildman–Crippen LogP) is 12.1. The van der Waals surface area contributed by atoms with Gasteiger partial charge in [0.2, 0.25) is 0 Å². The highest BCUT2D eigenvalue weighted by molar-refractivity contribution is 4.70. The molecule has 2 unspecified atom stereocenters. The van der Waals surface area contributed by atoms with Crippen molar-refractivity contribution in [2.45, 2.75) is 212 Å². The summed E-state index contributed by atoms with van der Waals surface area (Å²) in [5.74, 6) is 0. The third-order valence-corrected chi connectivity index (χ3v) is 8.43. The second-order valence-corrected chi connectivity index (χ2v) is 12.3. The van der Waals surface area contributed by atoms with Crippen molar-refractivity contribution in [1.29, 1.82) is 0 Å². The number of rotatable bonds is 32. The lowest BCUT2D eigenvalue weighted by atomic mass is 10.0. The molecule has 1 aliphatic rings. The molecule has 0 aromatic carbocycles. The van der Waals surface area contributed by atoms with Crippen LogP contribution in [-0.4, -0.2) is 25.4 Å². The molecule has 0 bridgehead atoms. The number of unbranched alkanes of at least 4 members (excludes halogenated alkanes) is 25. The molecule has 0 aromatic heterocycles. The second kappa shape index (κ2) is 28.9. The maximum atomic E-state index is 6.26. The maximum Gasteiger partial charge on any atom is 0.104 e. The van der Waals surface area contributed by atoms with Crippen molar-refractivity contribution < 1.29 is 9.47 Å². The smallest absolute Gasteiger partial charge is 0.104 e. The Kier molecular flexibility index (Phi) is 27.3. The summed E-state index contributed by atoms with van der Waals surface area (Å²) >= 11 is 0. The summed E-state index contributed by atoms with van der Waals surface area (Å²) < 4.78 is 11.6. The van der Waals surface area contributed by atoms with Gasteiger partial charge >= 0.3 is 0 Å². The Morgan fingerprint density at radius 3 is 1.00 bits per heavy atom. The minimum absolute atomic E-state index is 0.408. The van der Waals surface area contributed by atoms with E-state index in [9.17, 15) is 0 Å². The van der Waals surface area contributed by atoms with E-state index in [0.29, 0.717) is 12.2 Å². The molecule has 1 aliphatic heterocycles. The van der Waals surface area contributed by atoms with Crippen molar-refractivity contribution in [3.63, 3.8) is 0 Å². The van der Waals surface area contributed by atoms with E-state index in [-0.39, 0.29) is 0 Å². The Bertz CT molecular complexity index is 419. The first-order valence-corrected chi connectivity index (χ1v) is 17.6. The lowest BCUT2D eigenvalue weighted by molar-refractivity contribution is 0.0288. The van der Waals surface area contributed by atoms with Gasteiger partial charge in [0.05, 0.1) is 19.3 Å². The molecule has 1 saturated heterocycles. The maximum absolute atomic E-state index is 6.26. The van der Waals surface area contributed by atoms with Crippen molar-refractivity contribution >= 4 is 0 Å². The van der Waals surface area contributed by atoms with E-state index in [1.807, 2.05) is 0 Å². The summed E-state index contributed by atoms with van der Waals surface area (Å²) in [5, 5.41) is 0. The van der Waals surface area contributed by atoms with Gasteiger partial charge in [0, 0.05) is 0 Å². The Morgan fingerprint density at radius 1 is 0.459 bits per heavy atom. The van der Waals surface area contributed by atoms with Crippen LogP contribution in [0.4, 0.5) is 0 Å². The van der Waals surface area contributed by atoms with Crippen molar-refractivity contribution in [3.8, 4) is 0 Å². The first-order valence-electron chi connectivity index (χ1n) is 17.6. The van der Waals surface area contributed by atoms with Gasteiger partial charge in [-0.1, -0.05) is 187 Å². The van der Waals surface area contributed by atoms with Gasteiger partial charge in [0.1, 0.15) is 6.10 Å². The molecule has 0 saturated carbocycles. The van der Waals surface area contributed by atoms with E-state index < -0.39 is 0 Å². The van der Waals surface area contributed by atoms with E-state index in [1.54, 1.807) is 0 Å². The molecule has 0 N–H and O–H groups in total. The summed E-state index contributed by atoms with van der Waals surface area (Å²) in [6.45, 7) is 6.36. The van der Waals surface area contributed by atoms with Crippen LogP contribution in [0.1, 0.15) is 200 Å². The minimum Gasteiger partial charge on any atom is -0.375 e. The van der Waals surface area contributed by atoms with Crippen LogP contribution in [0.3, 0.4) is 0 Å². The Balaban J connectivity index is 1.88. The lowest BCUT2D eigenvalue weighted by Gasteiger charge is -2.17. The Labute approximate surface area is 234 Å². The third kappa shape index (κ3) is 27.3. The van der Waals surface area contributed by atoms with Gasteiger partial charge in [0.15, 0.2) is 0 Å². The molecular weight excluding hydrogens is 452 g/mol. The van der Waals surface area contributed by atoms with Crippen molar-refractivity contribution in [1.82, 2.24) is 0 Å². The van der Waals surface area contributed by atoms with Crippen LogP contribution >= 0.6 is 0 Å². The predicted molar refractivity (Wildman–Crippen MR) is 165 cm³/mol. The van der Waals surface area contributed by atoms with Gasteiger partial charge in [-0.15, -0.1) is 0 Å². The fraction of sp³-hybridized carbons (Fsp3) is 1.00. The fourth-order valence-corrected chi connectivity index (χ4v) is 5.68. The van der Waals surface area contributed by atoms with E-state index in [1.165, 1.54) is 186 Å². The van der Waals surface area contributed by atoms with Crippen LogP contribution in [0.2, 0.25) is 0 Å². The summed E-state index contributed by atoms with van der Waals surface area (Å²) in [5.41, 5.74) is 0. The topological polar surface area (TPSA) is 21.8 Å². The molecule has 2 nitrogen and oxygen atoms in total. The SMILES string of the molecule is CCCCCCCCCCCCCCCCC(CCCCCCCCCCCCCCC)OCC1CO1. The van der Waals surface area contributed by atoms with Gasteiger partial charge in [-0.05, 0) is 12.8 Å². The monoisotopic (exact) mass is 523 g/mol. The van der Waals surface area contributed by atoms with E-state index in [2.05, 4.69) is 13.8 Å². The van der Waals surface area contributed by atoms with Gasteiger partial charge in [-0.25, -0.2) is 0 Å². The average Bonchev–Trinajstić information content (AvgIpc) is 3.74. The van der Waals surface area contributed by atoms with Crippen LogP contribution in [0, 0.1) is 0 Å². The number of epoxide rings is 1. The van der Waals surface area contributed by atoms with Crippen LogP contribution in [0.25, 0.3) is 0 Å². The molecule has 0 amide bonds. The molecule has 1 heterocycles. The van der Waals surface area contributed by atoms with Gasteiger partial charge < -0.3 is 9.47 Å². The molecule has 0 aromatic rings. The summed E-state index contributed by atoms with van der Waals surface area (Å²) in [6.07, 6.45) is 42.2. The van der Waals surface area contributed by atoms with Gasteiger partial charge in [0.25, 0.3) is 0 Å². The Morgan fingerprint density at radius 2 is 0.730 bits per heavy atom. The second-order valence-electron chi connectivity index (χ2n) is 12.3. The molecule has 37 heavy (non-hydrogen) atoms. The summed E-state index contributed by atoms with van der Waals surface area (Å²) in [6, 6.07) is 0. The highest BCUT2D eigenvalue weighted by Crippen LogP contribution is 2.20. The minimum atomic E-state index is 0.408. The van der Waals surface area contributed by atoms with Crippen LogP contribution in [0.15, 0.2) is 0 Å². The lowest BCUT2D eigenvalue weighted by Crippen LogP contribution is -2.16. The van der Waals surface area contributed by atoms with E-state index in [0.717, 1.165) is 13.2 Å². The summed E-state index contributed by atoms with van der Waals surface area (Å²) in [4.78, 5) is 0. The molecule has 1 rings (SSSR count). The summed E-state index contributed by atoms with van der Waals surface area (Å²) in [7, 11) is 0. The molecule has 1 fully saturated rings. The normalized spacial score (nSPS) is 15.9. The van der Waals surface area contributed by atoms with Crippen LogP contribution in [-0.2, 0) is 9.47 Å². The number of hydrogen-bond acceptors (Lipinski definition) is 2. The number of ether oxygens (including phenoxy) is 2. The van der Waals surface area contributed by atoms with Crippen LogP contribution < -0.4 is 0 Å². The molecule has 222 valence electrons.